The Balaban J connectivity index is 2.00. The van der Waals surface area contributed by atoms with Gasteiger partial charge in [0.15, 0.2) is 0 Å². The summed E-state index contributed by atoms with van der Waals surface area (Å²) in [4.78, 5) is 0.125. The Morgan fingerprint density at radius 2 is 2.00 bits per heavy atom. The summed E-state index contributed by atoms with van der Waals surface area (Å²) >= 11 is 1.88. The zero-order valence-electron chi connectivity index (χ0n) is 10.8. The molecule has 19 heavy (non-hydrogen) atoms. The fourth-order valence-corrected chi connectivity index (χ4v) is 4.76. The van der Waals surface area contributed by atoms with Crippen molar-refractivity contribution in [3.8, 4) is 0 Å². The fraction of sp³-hybridized carbons (Fsp3) is 0.538. The molecule has 2 atom stereocenters. The highest BCUT2D eigenvalue weighted by Crippen LogP contribution is 2.30. The quantitative estimate of drug-likeness (QED) is 0.910. The number of halogens is 1. The molecule has 1 aliphatic carbocycles. The lowest BCUT2D eigenvalue weighted by Gasteiger charge is -2.13. The Kier molecular flexibility index (Phi) is 4.86. The van der Waals surface area contributed by atoms with Crippen molar-refractivity contribution in [2.75, 3.05) is 5.75 Å². The minimum absolute atomic E-state index is 0.000830. The largest absolute Gasteiger partial charge is 0.240 e. The molecule has 3 nitrogen and oxygen atoms in total. The molecular weight excluding hydrogens is 285 g/mol. The lowest BCUT2D eigenvalue weighted by atomic mass is 10.3. The molecular formula is C13H18FNO2S2. The SMILES string of the molecule is CCSC1CCC(NS(=O)(=O)c2ccc(F)cc2)C1. The number of nitrogens with one attached hydrogen (secondary N) is 1. The molecule has 2 rings (SSSR count). The van der Waals surface area contributed by atoms with Crippen molar-refractivity contribution in [1.82, 2.24) is 4.72 Å². The highest BCUT2D eigenvalue weighted by molar-refractivity contribution is 7.99. The van der Waals surface area contributed by atoms with Crippen LogP contribution in [0.1, 0.15) is 26.2 Å². The van der Waals surface area contributed by atoms with Crippen LogP contribution in [0.3, 0.4) is 0 Å². The first-order valence-electron chi connectivity index (χ1n) is 6.41. The summed E-state index contributed by atoms with van der Waals surface area (Å²) in [5, 5.41) is 0.547. The van der Waals surface area contributed by atoms with Gasteiger partial charge in [0.1, 0.15) is 5.82 Å². The normalized spacial score (nSPS) is 23.7. The van der Waals surface area contributed by atoms with E-state index in [-0.39, 0.29) is 10.9 Å². The first kappa shape index (κ1) is 14.8. The van der Waals surface area contributed by atoms with Crippen LogP contribution in [-0.4, -0.2) is 25.5 Å². The van der Waals surface area contributed by atoms with E-state index in [4.69, 9.17) is 0 Å². The van der Waals surface area contributed by atoms with Gasteiger partial charge >= 0.3 is 0 Å². The van der Waals surface area contributed by atoms with Crippen LogP contribution in [0.2, 0.25) is 0 Å². The van der Waals surface area contributed by atoms with E-state index in [0.717, 1.165) is 25.0 Å². The van der Waals surface area contributed by atoms with E-state index < -0.39 is 15.8 Å². The van der Waals surface area contributed by atoms with Crippen molar-refractivity contribution in [2.45, 2.75) is 42.4 Å². The first-order chi connectivity index (χ1) is 9.01. The molecule has 1 aliphatic rings. The molecule has 1 fully saturated rings. The maximum atomic E-state index is 12.8. The van der Waals surface area contributed by atoms with Gasteiger partial charge in [-0.05, 0) is 49.3 Å². The van der Waals surface area contributed by atoms with E-state index >= 15 is 0 Å². The zero-order valence-corrected chi connectivity index (χ0v) is 12.4. The molecule has 0 amide bonds. The van der Waals surface area contributed by atoms with E-state index in [0.29, 0.717) is 5.25 Å². The van der Waals surface area contributed by atoms with E-state index in [9.17, 15) is 12.8 Å². The molecule has 1 N–H and O–H groups in total. The van der Waals surface area contributed by atoms with Crippen LogP contribution in [0.25, 0.3) is 0 Å². The second-order valence-electron chi connectivity index (χ2n) is 4.66. The molecule has 106 valence electrons. The van der Waals surface area contributed by atoms with E-state index in [2.05, 4.69) is 11.6 Å². The smallest absolute Gasteiger partial charge is 0.208 e. The number of rotatable bonds is 5. The summed E-state index contributed by atoms with van der Waals surface area (Å²) < 4.78 is 39.8. The molecule has 1 aromatic rings. The second-order valence-corrected chi connectivity index (χ2v) is 7.95. The maximum absolute atomic E-state index is 12.8. The van der Waals surface area contributed by atoms with Gasteiger partial charge < -0.3 is 0 Å². The topological polar surface area (TPSA) is 46.2 Å². The Labute approximate surface area is 118 Å². The summed E-state index contributed by atoms with van der Waals surface area (Å²) in [6.07, 6.45) is 2.80. The molecule has 0 aromatic heterocycles. The monoisotopic (exact) mass is 303 g/mol. The molecule has 2 unspecified atom stereocenters. The van der Waals surface area contributed by atoms with Crippen LogP contribution in [0.15, 0.2) is 29.2 Å². The molecule has 0 bridgehead atoms. The highest BCUT2D eigenvalue weighted by atomic mass is 32.2. The Morgan fingerprint density at radius 3 is 2.63 bits per heavy atom. The minimum Gasteiger partial charge on any atom is -0.208 e. The highest BCUT2D eigenvalue weighted by Gasteiger charge is 2.28. The number of benzene rings is 1. The van der Waals surface area contributed by atoms with Crippen LogP contribution in [0, 0.1) is 5.82 Å². The standard InChI is InChI=1S/C13H18FNO2S2/c1-2-18-12-6-5-11(9-12)15-19(16,17)13-7-3-10(14)4-8-13/h3-4,7-8,11-12,15H,2,5-6,9H2,1H3. The molecule has 0 heterocycles. The third-order valence-corrected chi connectivity index (χ3v) is 6.00. The predicted molar refractivity (Wildman–Crippen MR) is 76.3 cm³/mol. The molecule has 6 heteroatoms. The lowest BCUT2D eigenvalue weighted by molar-refractivity contribution is 0.552. The van der Waals surface area contributed by atoms with E-state index in [1.807, 2.05) is 11.8 Å². The summed E-state index contributed by atoms with van der Waals surface area (Å²) in [6.45, 7) is 2.11. The number of hydrogen-bond acceptors (Lipinski definition) is 3. The summed E-state index contributed by atoms with van der Waals surface area (Å²) in [7, 11) is -3.52. The minimum atomic E-state index is -3.52. The van der Waals surface area contributed by atoms with Gasteiger partial charge in [0.2, 0.25) is 10.0 Å². The average Bonchev–Trinajstić information content (AvgIpc) is 2.77. The summed E-state index contributed by atoms with van der Waals surface area (Å²) in [5.41, 5.74) is 0. The molecule has 0 aliphatic heterocycles. The van der Waals surface area contributed by atoms with Crippen LogP contribution in [-0.2, 0) is 10.0 Å². The molecule has 0 saturated heterocycles. The third kappa shape index (κ3) is 3.94. The van der Waals surface area contributed by atoms with Crippen LogP contribution in [0.5, 0.6) is 0 Å². The molecule has 0 radical (unpaired) electrons. The van der Waals surface area contributed by atoms with Crippen molar-refractivity contribution in [3.05, 3.63) is 30.1 Å². The van der Waals surface area contributed by atoms with Gasteiger partial charge in [-0.1, -0.05) is 6.92 Å². The third-order valence-electron chi connectivity index (χ3n) is 3.23. The van der Waals surface area contributed by atoms with Gasteiger partial charge in [0.05, 0.1) is 4.90 Å². The Bertz CT molecular complexity index is 516. The number of sulfonamides is 1. The van der Waals surface area contributed by atoms with Gasteiger partial charge in [0, 0.05) is 11.3 Å². The fourth-order valence-electron chi connectivity index (χ4n) is 2.34. The van der Waals surface area contributed by atoms with Gasteiger partial charge in [-0.25, -0.2) is 17.5 Å². The summed E-state index contributed by atoms with van der Waals surface area (Å²) in [6, 6.07) is 4.92. The van der Waals surface area contributed by atoms with Gasteiger partial charge in [-0.2, -0.15) is 11.8 Å². The van der Waals surface area contributed by atoms with Crippen molar-refractivity contribution in [3.63, 3.8) is 0 Å². The Morgan fingerprint density at radius 1 is 1.32 bits per heavy atom. The lowest BCUT2D eigenvalue weighted by Crippen LogP contribution is -2.33. The first-order valence-corrected chi connectivity index (χ1v) is 8.94. The van der Waals surface area contributed by atoms with Crippen molar-refractivity contribution in [2.24, 2.45) is 0 Å². The van der Waals surface area contributed by atoms with E-state index in [1.165, 1.54) is 24.3 Å². The average molecular weight is 303 g/mol. The Hall–Kier alpha value is -0.590. The van der Waals surface area contributed by atoms with Crippen molar-refractivity contribution < 1.29 is 12.8 Å². The molecule has 0 spiro atoms. The van der Waals surface area contributed by atoms with Crippen LogP contribution in [0.4, 0.5) is 4.39 Å². The van der Waals surface area contributed by atoms with Crippen LogP contribution < -0.4 is 4.72 Å². The predicted octanol–water partition coefficient (Wildman–Crippen LogP) is 2.78. The maximum Gasteiger partial charge on any atom is 0.240 e. The second kappa shape index (κ2) is 6.24. The summed E-state index contributed by atoms with van der Waals surface area (Å²) in [5.74, 6) is 0.626. The molecule has 1 saturated carbocycles. The number of hydrogen-bond donors (Lipinski definition) is 1. The molecule has 1 aromatic carbocycles. The van der Waals surface area contributed by atoms with E-state index in [1.54, 1.807) is 0 Å². The van der Waals surface area contributed by atoms with Crippen molar-refractivity contribution >= 4 is 21.8 Å². The van der Waals surface area contributed by atoms with Crippen LogP contribution >= 0.6 is 11.8 Å². The van der Waals surface area contributed by atoms with Gasteiger partial charge in [0.25, 0.3) is 0 Å². The number of thioether (sulfide) groups is 1. The zero-order chi connectivity index (χ0) is 13.9. The van der Waals surface area contributed by atoms with Gasteiger partial charge in [-0.3, -0.25) is 0 Å². The van der Waals surface area contributed by atoms with Gasteiger partial charge in [-0.15, -0.1) is 0 Å². The van der Waals surface area contributed by atoms with Crippen molar-refractivity contribution in [1.29, 1.82) is 0 Å².